The first-order valence-electron chi connectivity index (χ1n) is 9.57. The Bertz CT molecular complexity index is 323. The van der Waals surface area contributed by atoms with Gasteiger partial charge in [0.05, 0.1) is 0 Å². The van der Waals surface area contributed by atoms with Gasteiger partial charge in [0.25, 0.3) is 0 Å². The molecule has 0 radical (unpaired) electrons. The number of nitrogens with one attached hydrogen (secondary N) is 2. The van der Waals surface area contributed by atoms with Crippen molar-refractivity contribution in [3.05, 3.63) is 0 Å². The van der Waals surface area contributed by atoms with Crippen LogP contribution in [0, 0.1) is 11.8 Å². The highest BCUT2D eigenvalue weighted by Gasteiger charge is 2.15. The molecule has 1 aliphatic heterocycles. The second-order valence-corrected chi connectivity index (χ2v) is 10.0. The summed E-state index contributed by atoms with van der Waals surface area (Å²) in [6.07, 6.45) is 8.28. The van der Waals surface area contributed by atoms with Gasteiger partial charge in [0.1, 0.15) is 0 Å². The second kappa shape index (κ2) is 14.3. The van der Waals surface area contributed by atoms with Crippen molar-refractivity contribution in [2.24, 2.45) is 17.6 Å². The monoisotopic (exact) mass is 375 g/mol. The number of nitrogens with two attached hydrogens (primary N) is 1. The van der Waals surface area contributed by atoms with Crippen LogP contribution in [-0.2, 0) is 4.79 Å². The lowest BCUT2D eigenvalue weighted by atomic mass is 9.94. The first kappa shape index (κ1) is 22.1. The number of hydrogen-bond donors (Lipinski definition) is 3. The van der Waals surface area contributed by atoms with Gasteiger partial charge >= 0.3 is 0 Å². The van der Waals surface area contributed by atoms with E-state index in [9.17, 15) is 4.79 Å². The highest BCUT2D eigenvalue weighted by atomic mass is 33.1. The van der Waals surface area contributed by atoms with E-state index in [0.29, 0.717) is 31.3 Å². The zero-order valence-corrected chi connectivity index (χ0v) is 17.2. The Balaban J connectivity index is 1.87. The van der Waals surface area contributed by atoms with Gasteiger partial charge in [-0.15, -0.1) is 0 Å². The average Bonchev–Trinajstić information content (AvgIpc) is 3.05. The van der Waals surface area contributed by atoms with Crippen molar-refractivity contribution in [2.45, 2.75) is 64.0 Å². The second-order valence-electron chi connectivity index (χ2n) is 7.21. The van der Waals surface area contributed by atoms with Gasteiger partial charge in [0.2, 0.25) is 5.91 Å². The molecule has 0 aromatic rings. The molecule has 4 N–H and O–H groups in total. The predicted molar refractivity (Wildman–Crippen MR) is 109 cm³/mol. The Labute approximate surface area is 156 Å². The van der Waals surface area contributed by atoms with Crippen molar-refractivity contribution in [1.29, 1.82) is 0 Å². The van der Waals surface area contributed by atoms with Crippen molar-refractivity contribution in [1.82, 2.24) is 10.6 Å². The zero-order chi connectivity index (χ0) is 17.6. The fourth-order valence-electron chi connectivity index (χ4n) is 3.04. The SMILES string of the molecule is CC(C)C[C@H](CN)CC(=O)NCCNCCCCC[C@@H]1CCSS1. The van der Waals surface area contributed by atoms with Gasteiger partial charge in [0, 0.05) is 30.5 Å². The molecule has 1 saturated heterocycles. The summed E-state index contributed by atoms with van der Waals surface area (Å²) in [5.41, 5.74) is 5.75. The molecule has 0 spiro atoms. The maximum atomic E-state index is 11.9. The van der Waals surface area contributed by atoms with E-state index in [1.807, 2.05) is 10.8 Å². The summed E-state index contributed by atoms with van der Waals surface area (Å²) in [6, 6.07) is 0. The minimum absolute atomic E-state index is 0.139. The molecule has 0 aromatic carbocycles. The van der Waals surface area contributed by atoms with Gasteiger partial charge in [-0.05, 0) is 50.6 Å². The van der Waals surface area contributed by atoms with E-state index in [1.54, 1.807) is 0 Å². The molecule has 142 valence electrons. The number of unbranched alkanes of at least 4 members (excludes halogenated alkanes) is 2. The van der Waals surface area contributed by atoms with E-state index in [2.05, 4.69) is 35.3 Å². The Hall–Kier alpha value is 0.0900. The first-order valence-corrected chi connectivity index (χ1v) is 12.0. The number of carbonyl (C=O) groups excluding carboxylic acids is 1. The van der Waals surface area contributed by atoms with Crippen LogP contribution in [0.1, 0.15) is 58.8 Å². The number of rotatable bonds is 14. The van der Waals surface area contributed by atoms with Crippen molar-refractivity contribution in [3.8, 4) is 0 Å². The predicted octanol–water partition coefficient (Wildman–Crippen LogP) is 3.42. The van der Waals surface area contributed by atoms with Crippen molar-refractivity contribution in [3.63, 3.8) is 0 Å². The molecule has 0 bridgehead atoms. The van der Waals surface area contributed by atoms with Gasteiger partial charge in [-0.1, -0.05) is 48.3 Å². The molecule has 4 nitrogen and oxygen atoms in total. The van der Waals surface area contributed by atoms with E-state index < -0.39 is 0 Å². The summed E-state index contributed by atoms with van der Waals surface area (Å²) in [5.74, 6) is 2.39. The van der Waals surface area contributed by atoms with Crippen LogP contribution >= 0.6 is 21.6 Å². The standard InChI is InChI=1S/C18H37N3OS2/c1-15(2)12-16(14-19)13-18(22)21-10-9-20-8-5-3-4-6-17-7-11-23-24-17/h15-17,20H,3-14,19H2,1-2H3,(H,21,22)/t16-,17+/m0/s1. The van der Waals surface area contributed by atoms with Crippen molar-refractivity contribution in [2.75, 3.05) is 31.9 Å². The minimum atomic E-state index is 0.139. The van der Waals surface area contributed by atoms with Crippen LogP contribution in [0.4, 0.5) is 0 Å². The average molecular weight is 376 g/mol. The molecular formula is C18H37N3OS2. The van der Waals surface area contributed by atoms with Crippen molar-refractivity contribution < 1.29 is 4.79 Å². The van der Waals surface area contributed by atoms with E-state index in [0.717, 1.165) is 24.8 Å². The van der Waals surface area contributed by atoms with Crippen LogP contribution in [0.25, 0.3) is 0 Å². The summed E-state index contributed by atoms with van der Waals surface area (Å²) >= 11 is 0. The van der Waals surface area contributed by atoms with Crippen LogP contribution < -0.4 is 16.4 Å². The molecule has 24 heavy (non-hydrogen) atoms. The van der Waals surface area contributed by atoms with E-state index >= 15 is 0 Å². The van der Waals surface area contributed by atoms with Gasteiger partial charge in [-0.3, -0.25) is 4.79 Å². The molecule has 0 aromatic heterocycles. The third kappa shape index (κ3) is 11.6. The molecular weight excluding hydrogens is 338 g/mol. The van der Waals surface area contributed by atoms with Gasteiger partial charge in [-0.2, -0.15) is 0 Å². The summed E-state index contributed by atoms with van der Waals surface area (Å²) in [7, 11) is 4.11. The zero-order valence-electron chi connectivity index (χ0n) is 15.5. The quantitative estimate of drug-likeness (QED) is 0.321. The number of carbonyl (C=O) groups is 1. The molecule has 1 fully saturated rings. The molecule has 1 rings (SSSR count). The largest absolute Gasteiger partial charge is 0.355 e. The molecule has 1 aliphatic rings. The van der Waals surface area contributed by atoms with Crippen LogP contribution in [0.2, 0.25) is 0 Å². The Morgan fingerprint density at radius 1 is 1.21 bits per heavy atom. The topological polar surface area (TPSA) is 67.2 Å². The maximum Gasteiger partial charge on any atom is 0.220 e. The Kier molecular flexibility index (Phi) is 13.2. The Morgan fingerprint density at radius 3 is 2.71 bits per heavy atom. The van der Waals surface area contributed by atoms with Gasteiger partial charge < -0.3 is 16.4 Å². The van der Waals surface area contributed by atoms with Crippen LogP contribution in [-0.4, -0.2) is 43.1 Å². The summed E-state index contributed by atoms with van der Waals surface area (Å²) in [6.45, 7) is 7.58. The minimum Gasteiger partial charge on any atom is -0.355 e. The van der Waals surface area contributed by atoms with Gasteiger partial charge in [-0.25, -0.2) is 0 Å². The summed E-state index contributed by atoms with van der Waals surface area (Å²) in [4.78, 5) is 11.9. The fourth-order valence-corrected chi connectivity index (χ4v) is 6.07. The Morgan fingerprint density at radius 2 is 2.04 bits per heavy atom. The normalized spacial score (nSPS) is 18.9. The van der Waals surface area contributed by atoms with E-state index in [4.69, 9.17) is 5.73 Å². The molecule has 2 atom stereocenters. The lowest BCUT2D eigenvalue weighted by Gasteiger charge is -2.16. The van der Waals surface area contributed by atoms with Crippen molar-refractivity contribution >= 4 is 27.5 Å². The molecule has 6 heteroatoms. The highest BCUT2D eigenvalue weighted by molar-refractivity contribution is 8.77. The maximum absolute atomic E-state index is 11.9. The molecule has 0 unspecified atom stereocenters. The number of hydrogen-bond acceptors (Lipinski definition) is 5. The lowest BCUT2D eigenvalue weighted by Crippen LogP contribution is -2.34. The van der Waals surface area contributed by atoms with E-state index in [-0.39, 0.29) is 5.91 Å². The van der Waals surface area contributed by atoms with E-state index in [1.165, 1.54) is 37.9 Å². The molecule has 1 amide bonds. The summed E-state index contributed by atoms with van der Waals surface area (Å²) < 4.78 is 0. The first-order chi connectivity index (χ1) is 11.6. The van der Waals surface area contributed by atoms with Gasteiger partial charge in [0.15, 0.2) is 0 Å². The van der Waals surface area contributed by atoms with Crippen LogP contribution in [0.5, 0.6) is 0 Å². The molecule has 1 heterocycles. The highest BCUT2D eigenvalue weighted by Crippen LogP contribution is 2.39. The van der Waals surface area contributed by atoms with Crippen LogP contribution in [0.3, 0.4) is 0 Å². The smallest absolute Gasteiger partial charge is 0.220 e. The van der Waals surface area contributed by atoms with Crippen LogP contribution in [0.15, 0.2) is 0 Å². The number of amides is 1. The third-order valence-corrected chi connectivity index (χ3v) is 7.35. The summed E-state index contributed by atoms with van der Waals surface area (Å²) in [5, 5.41) is 7.33. The third-order valence-electron chi connectivity index (χ3n) is 4.34. The lowest BCUT2D eigenvalue weighted by molar-refractivity contribution is -0.122. The fraction of sp³-hybridized carbons (Fsp3) is 0.944. The molecule has 0 aliphatic carbocycles. The molecule has 0 saturated carbocycles.